The first-order valence-electron chi connectivity index (χ1n) is 9.83. The maximum absolute atomic E-state index is 12.7. The predicted molar refractivity (Wildman–Crippen MR) is 108 cm³/mol. The summed E-state index contributed by atoms with van der Waals surface area (Å²) < 4.78 is 7.65. The number of nitrogens with zero attached hydrogens (tertiary/aromatic N) is 4. The van der Waals surface area contributed by atoms with E-state index >= 15 is 0 Å². The molecule has 3 rings (SSSR count). The van der Waals surface area contributed by atoms with Gasteiger partial charge in [-0.3, -0.25) is 19.5 Å². The van der Waals surface area contributed by atoms with Crippen molar-refractivity contribution in [2.24, 2.45) is 7.05 Å². The molecule has 2 N–H and O–H groups in total. The Labute approximate surface area is 166 Å². The summed E-state index contributed by atoms with van der Waals surface area (Å²) >= 11 is 0. The van der Waals surface area contributed by atoms with E-state index in [1.165, 1.54) is 0 Å². The molecule has 0 radical (unpaired) electrons. The molecule has 1 saturated heterocycles. The number of hydrogen-bond donors (Lipinski definition) is 2. The molecule has 1 fully saturated rings. The number of aryl methyl sites for hydroxylation is 2. The van der Waals surface area contributed by atoms with Crippen LogP contribution in [0.15, 0.2) is 6.07 Å². The lowest BCUT2D eigenvalue weighted by atomic mass is 10.00. The number of nitrogens with one attached hydrogen (secondary N) is 2. The van der Waals surface area contributed by atoms with E-state index in [0.717, 1.165) is 35.7 Å². The Kier molecular flexibility index (Phi) is 5.63. The van der Waals surface area contributed by atoms with E-state index < -0.39 is 0 Å². The zero-order chi connectivity index (χ0) is 20.6. The Morgan fingerprint density at radius 1 is 1.32 bits per heavy atom. The van der Waals surface area contributed by atoms with E-state index in [9.17, 15) is 4.79 Å². The van der Waals surface area contributed by atoms with Crippen LogP contribution in [0.1, 0.15) is 49.6 Å². The zero-order valence-electron chi connectivity index (χ0n) is 18.0. The molecule has 8 heteroatoms. The maximum Gasteiger partial charge on any atom is 0.269 e. The number of rotatable bonds is 5. The van der Waals surface area contributed by atoms with Crippen LogP contribution in [0.4, 0.5) is 0 Å². The smallest absolute Gasteiger partial charge is 0.269 e. The molecular weight excluding hydrogens is 356 g/mol. The van der Waals surface area contributed by atoms with Gasteiger partial charge in [0.25, 0.3) is 5.91 Å². The number of aromatic amines is 1. The Balaban J connectivity index is 1.66. The van der Waals surface area contributed by atoms with Crippen LogP contribution in [-0.2, 0) is 11.8 Å². The van der Waals surface area contributed by atoms with E-state index in [4.69, 9.17) is 4.74 Å². The minimum absolute atomic E-state index is 0.152. The Morgan fingerprint density at radius 2 is 1.96 bits per heavy atom. The largest absolute Gasteiger partial charge is 0.373 e. The quantitative estimate of drug-likeness (QED) is 0.818. The third-order valence-electron chi connectivity index (χ3n) is 5.54. The van der Waals surface area contributed by atoms with Crippen LogP contribution in [0, 0.1) is 13.8 Å². The van der Waals surface area contributed by atoms with Crippen LogP contribution >= 0.6 is 0 Å². The summed E-state index contributed by atoms with van der Waals surface area (Å²) in [5.41, 5.74) is 3.92. The van der Waals surface area contributed by atoms with Gasteiger partial charge in [-0.1, -0.05) is 0 Å². The first kappa shape index (κ1) is 20.5. The number of H-pyrrole nitrogens is 1. The number of morpholine rings is 1. The van der Waals surface area contributed by atoms with Gasteiger partial charge in [0.15, 0.2) is 0 Å². The topological polar surface area (TPSA) is 88.1 Å². The molecule has 8 nitrogen and oxygen atoms in total. The summed E-state index contributed by atoms with van der Waals surface area (Å²) in [5, 5.41) is 14.7. The first-order valence-corrected chi connectivity index (χ1v) is 9.83. The Hall–Kier alpha value is -2.19. The van der Waals surface area contributed by atoms with Crippen LogP contribution < -0.4 is 5.32 Å². The van der Waals surface area contributed by atoms with Gasteiger partial charge in [-0.2, -0.15) is 10.2 Å². The van der Waals surface area contributed by atoms with Crippen molar-refractivity contribution in [2.75, 3.05) is 19.6 Å². The second kappa shape index (κ2) is 7.67. The van der Waals surface area contributed by atoms with Crippen molar-refractivity contribution in [1.82, 2.24) is 30.2 Å². The van der Waals surface area contributed by atoms with Gasteiger partial charge < -0.3 is 10.1 Å². The number of carbonyl (C=O) groups is 1. The minimum Gasteiger partial charge on any atom is -0.373 e. The molecule has 2 aromatic rings. The van der Waals surface area contributed by atoms with E-state index in [0.29, 0.717) is 12.2 Å². The summed E-state index contributed by atoms with van der Waals surface area (Å²) in [6, 6.07) is 1.79. The van der Waals surface area contributed by atoms with Gasteiger partial charge in [-0.05, 0) is 47.6 Å². The van der Waals surface area contributed by atoms with Crippen molar-refractivity contribution >= 4 is 5.91 Å². The first-order chi connectivity index (χ1) is 13.1. The lowest BCUT2D eigenvalue weighted by molar-refractivity contribution is -0.0948. The molecule has 3 heterocycles. The normalized spacial score (nSPS) is 21.1. The number of aromatic nitrogens is 4. The molecule has 2 unspecified atom stereocenters. The van der Waals surface area contributed by atoms with E-state index in [1.54, 1.807) is 6.07 Å². The molecule has 154 valence electrons. The fourth-order valence-corrected chi connectivity index (χ4v) is 3.89. The van der Waals surface area contributed by atoms with Crippen molar-refractivity contribution in [1.29, 1.82) is 0 Å². The number of hydrogen-bond acceptors (Lipinski definition) is 5. The van der Waals surface area contributed by atoms with Crippen LogP contribution in [0.25, 0.3) is 11.3 Å². The fraction of sp³-hybridized carbons (Fsp3) is 0.650. The number of ether oxygens (including phenoxy) is 1. The zero-order valence-corrected chi connectivity index (χ0v) is 18.0. The molecule has 0 aliphatic carbocycles. The van der Waals surface area contributed by atoms with Crippen LogP contribution in [-0.4, -0.2) is 68.2 Å². The average molecular weight is 389 g/mol. The molecule has 1 aliphatic heterocycles. The summed E-state index contributed by atoms with van der Waals surface area (Å²) in [6.45, 7) is 14.7. The fourth-order valence-electron chi connectivity index (χ4n) is 3.89. The monoisotopic (exact) mass is 388 g/mol. The molecule has 0 saturated carbocycles. The third kappa shape index (κ3) is 4.12. The molecule has 0 spiro atoms. The molecule has 2 atom stereocenters. The summed E-state index contributed by atoms with van der Waals surface area (Å²) in [6.07, 6.45) is 0.389. The summed E-state index contributed by atoms with van der Waals surface area (Å²) in [5.74, 6) is -0.152. The SMILES string of the molecule is Cc1nn(C)c(C)c1-c1cc(C(=O)NCC(C)(C)N2CC(C)OC(C)C2)[nH]n1. The highest BCUT2D eigenvalue weighted by Gasteiger charge is 2.33. The Morgan fingerprint density at radius 3 is 2.54 bits per heavy atom. The van der Waals surface area contributed by atoms with Crippen LogP contribution in [0.5, 0.6) is 0 Å². The van der Waals surface area contributed by atoms with Gasteiger partial charge >= 0.3 is 0 Å². The van der Waals surface area contributed by atoms with Crippen molar-refractivity contribution < 1.29 is 9.53 Å². The van der Waals surface area contributed by atoms with Crippen molar-refractivity contribution in [3.05, 3.63) is 23.1 Å². The Bertz CT molecular complexity index is 843. The van der Waals surface area contributed by atoms with Crippen LogP contribution in [0.3, 0.4) is 0 Å². The van der Waals surface area contributed by atoms with Crippen molar-refractivity contribution in [3.8, 4) is 11.3 Å². The number of amides is 1. The van der Waals surface area contributed by atoms with Gasteiger partial charge in [0, 0.05) is 43.5 Å². The molecule has 0 aromatic carbocycles. The van der Waals surface area contributed by atoms with Gasteiger partial charge in [0.1, 0.15) is 5.69 Å². The third-order valence-corrected chi connectivity index (χ3v) is 5.54. The molecule has 28 heavy (non-hydrogen) atoms. The van der Waals surface area contributed by atoms with E-state index in [1.807, 2.05) is 25.6 Å². The molecular formula is C20H32N6O2. The molecule has 1 amide bonds. The number of carbonyl (C=O) groups excluding carboxylic acids is 1. The lowest BCUT2D eigenvalue weighted by Gasteiger charge is -2.45. The molecule has 0 bridgehead atoms. The lowest BCUT2D eigenvalue weighted by Crippen LogP contribution is -2.58. The van der Waals surface area contributed by atoms with Crippen LogP contribution in [0.2, 0.25) is 0 Å². The summed E-state index contributed by atoms with van der Waals surface area (Å²) in [4.78, 5) is 15.1. The summed E-state index contributed by atoms with van der Waals surface area (Å²) in [7, 11) is 1.90. The average Bonchev–Trinajstić information content (AvgIpc) is 3.17. The van der Waals surface area contributed by atoms with Gasteiger partial charge in [-0.25, -0.2) is 0 Å². The van der Waals surface area contributed by atoms with Gasteiger partial charge in [0.05, 0.1) is 23.6 Å². The second-order valence-corrected chi connectivity index (χ2v) is 8.49. The maximum atomic E-state index is 12.7. The highest BCUT2D eigenvalue weighted by molar-refractivity contribution is 5.93. The standard InChI is InChI=1S/C20H32N6O2/c1-12-9-26(10-13(2)28-12)20(5,6)11-21-19(27)17-8-16(22-23-17)18-14(3)24-25(7)15(18)4/h8,12-13H,9-11H2,1-7H3,(H,21,27)(H,22,23). The molecule has 1 aliphatic rings. The van der Waals surface area contributed by atoms with E-state index in [-0.39, 0.29) is 23.7 Å². The van der Waals surface area contributed by atoms with Gasteiger partial charge in [-0.15, -0.1) is 0 Å². The minimum atomic E-state index is -0.165. The second-order valence-electron chi connectivity index (χ2n) is 8.49. The van der Waals surface area contributed by atoms with E-state index in [2.05, 4.69) is 53.2 Å². The van der Waals surface area contributed by atoms with Crippen molar-refractivity contribution in [2.45, 2.75) is 59.3 Å². The highest BCUT2D eigenvalue weighted by atomic mass is 16.5. The van der Waals surface area contributed by atoms with Gasteiger partial charge in [0.2, 0.25) is 0 Å². The van der Waals surface area contributed by atoms with Crippen molar-refractivity contribution in [3.63, 3.8) is 0 Å². The predicted octanol–water partition coefficient (Wildman–Crippen LogP) is 2.04. The highest BCUT2D eigenvalue weighted by Crippen LogP contribution is 2.25. The molecule has 2 aromatic heterocycles.